The number of sulfonamides is 1. The van der Waals surface area contributed by atoms with Crippen LogP contribution >= 0.6 is 11.3 Å². The van der Waals surface area contributed by atoms with Gasteiger partial charge in [0.15, 0.2) is 10.8 Å². The zero-order chi connectivity index (χ0) is 28.6. The van der Waals surface area contributed by atoms with E-state index in [1.165, 1.54) is 16.8 Å². The Morgan fingerprint density at radius 3 is 2.52 bits per heavy atom. The normalized spacial score (nSPS) is 23.4. The Kier molecular flexibility index (Phi) is 6.40. The minimum Gasteiger partial charge on any atom is -0.366 e. The number of fused-ring (bicyclic) bond motifs is 1. The highest BCUT2D eigenvalue weighted by Crippen LogP contribution is 2.39. The molecule has 0 radical (unpaired) electrons. The van der Waals surface area contributed by atoms with E-state index in [9.17, 15) is 26.4 Å². The Hall–Kier alpha value is -2.82. The fraction of sp³-hybridized carbons (Fsp3) is 0.583. The number of nitrogens with one attached hydrogen (secondary N) is 1. The molecule has 3 aliphatic rings. The van der Waals surface area contributed by atoms with Crippen molar-refractivity contribution in [1.82, 2.24) is 34.1 Å². The van der Waals surface area contributed by atoms with Gasteiger partial charge in [-0.3, -0.25) is 14.1 Å². The van der Waals surface area contributed by atoms with Gasteiger partial charge in [-0.15, -0.1) is 10.2 Å². The van der Waals surface area contributed by atoms with Crippen LogP contribution in [0.3, 0.4) is 0 Å². The van der Waals surface area contributed by atoms with Gasteiger partial charge in [0.25, 0.3) is 0 Å². The minimum absolute atomic E-state index is 0.0369. The number of aromatic nitrogens is 4. The number of likely N-dealkylation sites (tertiary alicyclic amines) is 1. The fourth-order valence-corrected chi connectivity index (χ4v) is 7.42. The van der Waals surface area contributed by atoms with Gasteiger partial charge in [-0.1, -0.05) is 11.3 Å². The van der Waals surface area contributed by atoms with E-state index in [0.29, 0.717) is 55.0 Å². The molecule has 3 aromatic heterocycles. The van der Waals surface area contributed by atoms with E-state index in [2.05, 4.69) is 19.9 Å². The number of imidazole rings is 1. The van der Waals surface area contributed by atoms with E-state index in [1.807, 2.05) is 35.6 Å². The molecular weight excluding hydrogens is 569 g/mol. The minimum atomic E-state index is -4.66. The monoisotopic (exact) mass is 598 g/mol. The number of likely N-dealkylation sites (N-methyl/N-ethyl adjacent to an activating group) is 1. The maximum atomic E-state index is 13.4. The highest BCUT2D eigenvalue weighted by molar-refractivity contribution is 7.89. The first-order valence-electron chi connectivity index (χ1n) is 13.0. The third-order valence-electron chi connectivity index (χ3n) is 7.97. The smallest absolute Gasteiger partial charge is 0.366 e. The van der Waals surface area contributed by atoms with Crippen LogP contribution in [0.4, 0.5) is 18.9 Å². The third-order valence-corrected chi connectivity index (χ3v) is 10.5. The third kappa shape index (κ3) is 4.84. The Morgan fingerprint density at radius 1 is 1.20 bits per heavy atom. The summed E-state index contributed by atoms with van der Waals surface area (Å²) in [5.41, 5.74) is 0.547. The first-order valence-corrected chi connectivity index (χ1v) is 15.3. The maximum absolute atomic E-state index is 13.4. The first kappa shape index (κ1) is 27.4. The molecule has 11 nitrogen and oxygen atoms in total. The molecule has 5 heterocycles. The molecule has 1 N–H and O–H groups in total. The molecule has 1 amide bonds. The van der Waals surface area contributed by atoms with Crippen molar-refractivity contribution in [2.45, 2.75) is 61.8 Å². The number of hydrogen-bond donors (Lipinski definition) is 1. The molecule has 2 saturated heterocycles. The molecule has 2 atom stereocenters. The quantitative estimate of drug-likeness (QED) is 0.460. The van der Waals surface area contributed by atoms with Gasteiger partial charge >= 0.3 is 6.18 Å². The van der Waals surface area contributed by atoms with E-state index >= 15 is 0 Å². The second kappa shape index (κ2) is 9.36. The van der Waals surface area contributed by atoms with Crippen molar-refractivity contribution in [2.75, 3.05) is 38.1 Å². The summed E-state index contributed by atoms with van der Waals surface area (Å²) < 4.78 is 70.7. The van der Waals surface area contributed by atoms with Crippen molar-refractivity contribution < 1.29 is 26.4 Å². The number of rotatable bonds is 6. The number of carbonyl (C=O) groups is 1. The number of anilines is 1. The zero-order valence-corrected chi connectivity index (χ0v) is 23.8. The molecule has 1 aliphatic carbocycles. The van der Waals surface area contributed by atoms with Gasteiger partial charge in [0.05, 0.1) is 23.4 Å². The van der Waals surface area contributed by atoms with Crippen LogP contribution in [0.1, 0.15) is 38.1 Å². The standard InChI is InChI=1S/C24H29F3N8O3S2/c1-14-12-33(8-9-34(14)21(36)16-4-7-32(16)3)17-10-15(40(37,38)31-23(2)5-6-23)13-35-18(17)11-28-19(35)20-29-30-22(39-20)24(25,26)27/h10-11,13-14,16,31H,4-9,12H2,1-3H3/t14-,16-/m1/s1. The summed E-state index contributed by atoms with van der Waals surface area (Å²) in [5.74, 6) is 0.154. The van der Waals surface area contributed by atoms with Crippen molar-refractivity contribution in [3.63, 3.8) is 0 Å². The number of halogens is 3. The van der Waals surface area contributed by atoms with E-state index in [1.54, 1.807) is 6.07 Å². The van der Waals surface area contributed by atoms with Crippen LogP contribution in [0.25, 0.3) is 16.3 Å². The van der Waals surface area contributed by atoms with E-state index < -0.39 is 26.7 Å². The maximum Gasteiger partial charge on any atom is 0.445 e. The average Bonchev–Trinajstić information content (AvgIpc) is 3.24. The molecule has 0 bridgehead atoms. The highest BCUT2D eigenvalue weighted by atomic mass is 32.2. The molecule has 3 aromatic rings. The van der Waals surface area contributed by atoms with Gasteiger partial charge in [0, 0.05) is 44.0 Å². The van der Waals surface area contributed by atoms with E-state index in [-0.39, 0.29) is 33.7 Å². The molecule has 2 aliphatic heterocycles. The lowest BCUT2D eigenvalue weighted by Crippen LogP contribution is -2.61. The largest absolute Gasteiger partial charge is 0.445 e. The van der Waals surface area contributed by atoms with Crippen LogP contribution in [0.2, 0.25) is 0 Å². The highest BCUT2D eigenvalue weighted by Gasteiger charge is 2.42. The van der Waals surface area contributed by atoms with Crippen LogP contribution in [0, 0.1) is 0 Å². The Balaban J connectivity index is 1.39. The lowest BCUT2D eigenvalue weighted by molar-refractivity contribution is -0.143. The average molecular weight is 599 g/mol. The van der Waals surface area contributed by atoms with Crippen molar-refractivity contribution in [1.29, 1.82) is 0 Å². The van der Waals surface area contributed by atoms with Gasteiger partial charge in [0.1, 0.15) is 4.90 Å². The molecule has 0 aromatic carbocycles. The number of hydrogen-bond acceptors (Lipinski definition) is 9. The van der Waals surface area contributed by atoms with Gasteiger partial charge in [-0.25, -0.2) is 18.1 Å². The first-order chi connectivity index (χ1) is 18.8. The number of pyridine rings is 1. The number of alkyl halides is 3. The Labute approximate surface area is 233 Å². The van der Waals surface area contributed by atoms with Crippen LogP contribution in [0.5, 0.6) is 0 Å². The zero-order valence-electron chi connectivity index (χ0n) is 22.1. The van der Waals surface area contributed by atoms with Crippen LogP contribution in [-0.4, -0.2) is 94.6 Å². The van der Waals surface area contributed by atoms with E-state index in [0.717, 1.165) is 13.0 Å². The van der Waals surface area contributed by atoms with Crippen molar-refractivity contribution in [2.24, 2.45) is 0 Å². The number of piperazine rings is 1. The Bertz CT molecular complexity index is 1580. The van der Waals surface area contributed by atoms with Crippen molar-refractivity contribution >= 4 is 38.5 Å². The molecule has 216 valence electrons. The summed E-state index contributed by atoms with van der Waals surface area (Å²) in [5, 5.41) is 5.77. The van der Waals surface area contributed by atoms with Crippen LogP contribution in [0.15, 0.2) is 23.4 Å². The predicted octanol–water partition coefficient (Wildman–Crippen LogP) is 2.44. The number of nitrogens with zero attached hydrogens (tertiary/aromatic N) is 7. The molecule has 1 saturated carbocycles. The van der Waals surface area contributed by atoms with Gasteiger partial charge in [-0.2, -0.15) is 13.2 Å². The van der Waals surface area contributed by atoms with Crippen LogP contribution in [-0.2, 0) is 21.0 Å². The van der Waals surface area contributed by atoms with Crippen LogP contribution < -0.4 is 9.62 Å². The van der Waals surface area contributed by atoms with Gasteiger partial charge in [-0.05, 0) is 46.2 Å². The lowest BCUT2D eigenvalue weighted by atomic mass is 10.0. The second-order valence-corrected chi connectivity index (χ2v) is 13.7. The topological polar surface area (TPSA) is 116 Å². The lowest BCUT2D eigenvalue weighted by Gasteiger charge is -2.46. The number of carbonyl (C=O) groups excluding carboxylic acids is 1. The summed E-state index contributed by atoms with van der Waals surface area (Å²) in [7, 11) is -2.03. The predicted molar refractivity (Wildman–Crippen MR) is 141 cm³/mol. The van der Waals surface area contributed by atoms with Gasteiger partial charge < -0.3 is 9.80 Å². The summed E-state index contributed by atoms with van der Waals surface area (Å²) >= 11 is 0.344. The Morgan fingerprint density at radius 2 is 1.95 bits per heavy atom. The number of amides is 1. The molecular formula is C24H29F3N8O3S2. The molecule has 40 heavy (non-hydrogen) atoms. The molecule has 6 rings (SSSR count). The molecule has 0 spiro atoms. The summed E-state index contributed by atoms with van der Waals surface area (Å²) in [6.07, 6.45) is 0.456. The molecule has 3 fully saturated rings. The van der Waals surface area contributed by atoms with E-state index in [4.69, 9.17) is 0 Å². The molecule has 0 unspecified atom stereocenters. The fourth-order valence-electron chi connectivity index (χ4n) is 5.24. The second-order valence-electron chi connectivity index (χ2n) is 11.1. The SMILES string of the molecule is C[C@@H]1CN(c2cc(S(=O)(=O)NC3(C)CC3)cn3c(-c4nnc(C(F)(F)F)s4)ncc23)CCN1C(=O)[C@H]1CCN1C. The van der Waals surface area contributed by atoms with Crippen molar-refractivity contribution in [3.05, 3.63) is 23.5 Å². The van der Waals surface area contributed by atoms with Gasteiger partial charge in [0.2, 0.25) is 20.9 Å². The summed E-state index contributed by atoms with van der Waals surface area (Å²) in [4.78, 5) is 23.3. The summed E-state index contributed by atoms with van der Waals surface area (Å²) in [6, 6.07) is 1.31. The summed E-state index contributed by atoms with van der Waals surface area (Å²) in [6.45, 7) is 6.02. The molecule has 16 heteroatoms. The van der Waals surface area contributed by atoms with Crippen molar-refractivity contribution in [3.8, 4) is 10.8 Å².